The van der Waals surface area contributed by atoms with E-state index in [0.717, 1.165) is 19.3 Å². The number of rotatable bonds is 1. The zero-order valence-corrected chi connectivity index (χ0v) is 8.23. The summed E-state index contributed by atoms with van der Waals surface area (Å²) in [4.78, 5) is 13.0. The molecule has 0 radical (unpaired) electrons. The van der Waals surface area contributed by atoms with Gasteiger partial charge >= 0.3 is 0 Å². The minimum absolute atomic E-state index is 0.368. The van der Waals surface area contributed by atoms with Crippen LogP contribution in [-0.2, 0) is 4.79 Å². The van der Waals surface area contributed by atoms with E-state index in [1.165, 1.54) is 16.7 Å². The highest BCUT2D eigenvalue weighted by Crippen LogP contribution is 2.52. The summed E-state index contributed by atoms with van der Waals surface area (Å²) in [5.41, 5.74) is 4.13. The molecule has 2 heteroatoms. The number of carbonyl (C=O) groups is 1. The lowest BCUT2D eigenvalue weighted by Gasteiger charge is -2.15. The summed E-state index contributed by atoms with van der Waals surface area (Å²) < 4.78 is 0. The standard InChI is InChI=1S/C12H13NO/c1-8-3-2-4-9-10-5-6-11(12(8)9)13(10)7-14/h2-4,7,10-11H,5-6H2,1H3/t10-,11+/m0/s1. The van der Waals surface area contributed by atoms with Gasteiger partial charge in [-0.25, -0.2) is 0 Å². The Morgan fingerprint density at radius 1 is 1.36 bits per heavy atom. The number of nitrogens with zero attached hydrogens (tertiary/aromatic N) is 1. The smallest absolute Gasteiger partial charge is 0.210 e. The summed E-state index contributed by atoms with van der Waals surface area (Å²) >= 11 is 0. The summed E-state index contributed by atoms with van der Waals surface area (Å²) in [5.74, 6) is 0. The first kappa shape index (κ1) is 8.04. The number of hydrogen-bond donors (Lipinski definition) is 0. The largest absolute Gasteiger partial charge is 0.331 e. The molecule has 2 bridgehead atoms. The lowest BCUT2D eigenvalue weighted by Crippen LogP contribution is -2.16. The van der Waals surface area contributed by atoms with Crippen LogP contribution in [0.5, 0.6) is 0 Å². The molecule has 0 spiro atoms. The number of fused-ring (bicyclic) bond motifs is 5. The van der Waals surface area contributed by atoms with Crippen LogP contribution in [0.4, 0.5) is 0 Å². The first-order valence-electron chi connectivity index (χ1n) is 5.15. The molecule has 0 N–H and O–H groups in total. The average Bonchev–Trinajstić information content (AvgIpc) is 2.73. The van der Waals surface area contributed by atoms with Crippen molar-refractivity contribution in [3.8, 4) is 0 Å². The predicted molar refractivity (Wildman–Crippen MR) is 53.8 cm³/mol. The molecule has 0 aliphatic carbocycles. The number of aryl methyl sites for hydroxylation is 1. The van der Waals surface area contributed by atoms with Crippen molar-refractivity contribution < 1.29 is 4.79 Å². The van der Waals surface area contributed by atoms with Crippen LogP contribution in [0.15, 0.2) is 18.2 Å². The molecule has 72 valence electrons. The van der Waals surface area contributed by atoms with Gasteiger partial charge in [-0.2, -0.15) is 0 Å². The minimum atomic E-state index is 0.368. The van der Waals surface area contributed by atoms with E-state index < -0.39 is 0 Å². The van der Waals surface area contributed by atoms with E-state index in [0.29, 0.717) is 12.1 Å². The van der Waals surface area contributed by atoms with Crippen LogP contribution in [0.2, 0.25) is 0 Å². The molecule has 1 aromatic carbocycles. The zero-order chi connectivity index (χ0) is 9.71. The molecule has 14 heavy (non-hydrogen) atoms. The van der Waals surface area contributed by atoms with Crippen molar-refractivity contribution in [3.05, 3.63) is 34.9 Å². The topological polar surface area (TPSA) is 20.3 Å². The Bertz CT molecular complexity index is 399. The Morgan fingerprint density at radius 2 is 2.14 bits per heavy atom. The number of benzene rings is 1. The van der Waals surface area contributed by atoms with Gasteiger partial charge in [0.15, 0.2) is 0 Å². The second kappa shape index (κ2) is 2.59. The van der Waals surface area contributed by atoms with Gasteiger partial charge in [0.25, 0.3) is 0 Å². The maximum Gasteiger partial charge on any atom is 0.210 e. The van der Waals surface area contributed by atoms with Crippen molar-refractivity contribution in [1.29, 1.82) is 0 Å². The fourth-order valence-corrected chi connectivity index (χ4v) is 3.04. The molecule has 2 nitrogen and oxygen atoms in total. The fraction of sp³-hybridized carbons (Fsp3) is 0.417. The molecule has 3 rings (SSSR count). The molecule has 1 saturated heterocycles. The average molecular weight is 187 g/mol. The van der Waals surface area contributed by atoms with Gasteiger partial charge in [0.2, 0.25) is 6.41 Å². The van der Waals surface area contributed by atoms with Gasteiger partial charge in [-0.15, -0.1) is 0 Å². The minimum Gasteiger partial charge on any atom is -0.331 e. The Hall–Kier alpha value is -1.31. The van der Waals surface area contributed by atoms with Gasteiger partial charge in [0.1, 0.15) is 0 Å². The van der Waals surface area contributed by atoms with E-state index in [1.54, 1.807) is 0 Å². The zero-order valence-electron chi connectivity index (χ0n) is 8.23. The Balaban J connectivity index is 2.21. The first-order valence-corrected chi connectivity index (χ1v) is 5.15. The number of carbonyl (C=O) groups excluding carboxylic acids is 1. The summed E-state index contributed by atoms with van der Waals surface area (Å²) in [6, 6.07) is 7.14. The molecular formula is C12H13NO. The van der Waals surface area contributed by atoms with Crippen LogP contribution in [0.3, 0.4) is 0 Å². The molecule has 1 amide bonds. The second-order valence-electron chi connectivity index (χ2n) is 4.24. The van der Waals surface area contributed by atoms with Gasteiger partial charge < -0.3 is 4.90 Å². The van der Waals surface area contributed by atoms with E-state index >= 15 is 0 Å². The van der Waals surface area contributed by atoms with E-state index in [4.69, 9.17) is 0 Å². The molecule has 1 aromatic rings. The third kappa shape index (κ3) is 0.788. The van der Waals surface area contributed by atoms with Gasteiger partial charge in [-0.05, 0) is 36.5 Å². The van der Waals surface area contributed by atoms with Crippen LogP contribution in [0.1, 0.15) is 41.6 Å². The third-order valence-electron chi connectivity index (χ3n) is 3.61. The predicted octanol–water partition coefficient (Wildman–Crippen LogP) is 2.34. The quantitative estimate of drug-likeness (QED) is 0.618. The van der Waals surface area contributed by atoms with E-state index in [2.05, 4.69) is 25.1 Å². The number of hydrogen-bond acceptors (Lipinski definition) is 1. The highest BCUT2D eigenvalue weighted by Gasteiger charge is 2.43. The van der Waals surface area contributed by atoms with Crippen molar-refractivity contribution in [2.75, 3.05) is 0 Å². The van der Waals surface area contributed by atoms with Gasteiger partial charge in [-0.3, -0.25) is 4.79 Å². The molecule has 2 aliphatic rings. The number of amides is 1. The molecule has 2 heterocycles. The Kier molecular flexibility index (Phi) is 1.49. The highest BCUT2D eigenvalue weighted by atomic mass is 16.1. The van der Waals surface area contributed by atoms with Crippen LogP contribution in [0.25, 0.3) is 0 Å². The van der Waals surface area contributed by atoms with Crippen molar-refractivity contribution in [1.82, 2.24) is 4.90 Å². The Labute approximate surface area is 83.5 Å². The van der Waals surface area contributed by atoms with E-state index in [9.17, 15) is 4.79 Å². The SMILES string of the molecule is Cc1cccc2c1[C@H]1CC[C@@H]2N1C=O. The molecule has 2 aliphatic heterocycles. The van der Waals surface area contributed by atoms with Gasteiger partial charge in [0, 0.05) is 0 Å². The van der Waals surface area contributed by atoms with Gasteiger partial charge in [-0.1, -0.05) is 18.2 Å². The summed E-state index contributed by atoms with van der Waals surface area (Å²) in [6.07, 6.45) is 3.29. The van der Waals surface area contributed by atoms with Crippen molar-refractivity contribution in [2.24, 2.45) is 0 Å². The molecular weight excluding hydrogens is 174 g/mol. The van der Waals surface area contributed by atoms with Gasteiger partial charge in [0.05, 0.1) is 12.1 Å². The maximum atomic E-state index is 11.0. The lowest BCUT2D eigenvalue weighted by atomic mass is 9.89. The third-order valence-corrected chi connectivity index (χ3v) is 3.61. The second-order valence-corrected chi connectivity index (χ2v) is 4.24. The highest BCUT2D eigenvalue weighted by molar-refractivity contribution is 5.58. The van der Waals surface area contributed by atoms with Crippen molar-refractivity contribution >= 4 is 6.41 Å². The molecule has 2 atom stereocenters. The first-order chi connectivity index (χ1) is 6.83. The Morgan fingerprint density at radius 3 is 2.86 bits per heavy atom. The summed E-state index contributed by atoms with van der Waals surface area (Å²) in [7, 11) is 0. The van der Waals surface area contributed by atoms with Crippen LogP contribution in [0, 0.1) is 6.92 Å². The normalized spacial score (nSPS) is 27.9. The molecule has 0 saturated carbocycles. The van der Waals surface area contributed by atoms with Crippen LogP contribution >= 0.6 is 0 Å². The van der Waals surface area contributed by atoms with Crippen molar-refractivity contribution in [2.45, 2.75) is 31.8 Å². The van der Waals surface area contributed by atoms with Crippen LogP contribution < -0.4 is 0 Å². The maximum absolute atomic E-state index is 11.0. The van der Waals surface area contributed by atoms with E-state index in [1.807, 2.05) is 4.90 Å². The summed E-state index contributed by atoms with van der Waals surface area (Å²) in [5, 5.41) is 0. The molecule has 0 aromatic heterocycles. The van der Waals surface area contributed by atoms with Crippen LogP contribution in [-0.4, -0.2) is 11.3 Å². The fourth-order valence-electron chi connectivity index (χ4n) is 3.04. The van der Waals surface area contributed by atoms with E-state index in [-0.39, 0.29) is 0 Å². The lowest BCUT2D eigenvalue weighted by molar-refractivity contribution is -0.120. The monoisotopic (exact) mass is 187 g/mol. The molecule has 0 unspecified atom stereocenters. The summed E-state index contributed by atoms with van der Waals surface area (Å²) in [6.45, 7) is 2.14. The molecule has 1 fully saturated rings. The van der Waals surface area contributed by atoms with Crippen molar-refractivity contribution in [3.63, 3.8) is 0 Å².